The van der Waals surface area contributed by atoms with Crippen LogP contribution in [0.2, 0.25) is 0 Å². The van der Waals surface area contributed by atoms with E-state index in [0.29, 0.717) is 11.1 Å². The van der Waals surface area contributed by atoms with Gasteiger partial charge in [0, 0.05) is 34.9 Å². The molecule has 0 radical (unpaired) electrons. The van der Waals surface area contributed by atoms with Gasteiger partial charge in [-0.1, -0.05) is 36.4 Å². The van der Waals surface area contributed by atoms with Gasteiger partial charge in [-0.25, -0.2) is 0 Å². The first kappa shape index (κ1) is 17.1. The molecule has 0 aliphatic rings. The van der Waals surface area contributed by atoms with Crippen LogP contribution in [0.25, 0.3) is 10.8 Å². The average molecular weight is 327 g/mol. The van der Waals surface area contributed by atoms with Crippen molar-refractivity contribution in [2.24, 2.45) is 5.73 Å². The van der Waals surface area contributed by atoms with Gasteiger partial charge in [0.15, 0.2) is 5.78 Å². The van der Waals surface area contributed by atoms with E-state index in [0.717, 1.165) is 21.9 Å². The van der Waals surface area contributed by atoms with Gasteiger partial charge in [0.2, 0.25) is 0 Å². The fourth-order valence-electron chi connectivity index (χ4n) is 2.69. The predicted octanol–water partition coefficient (Wildman–Crippen LogP) is 4.22. The second-order valence-corrected chi connectivity index (χ2v) is 5.59. The van der Waals surface area contributed by atoms with E-state index >= 15 is 0 Å². The number of halogens is 1. The number of benzene rings is 2. The highest BCUT2D eigenvalue weighted by Gasteiger charge is 2.15. The maximum Gasteiger partial charge on any atom is 0.193 e. The molecule has 0 aliphatic heterocycles. The number of pyridine rings is 1. The number of rotatable bonds is 3. The van der Waals surface area contributed by atoms with Gasteiger partial charge in [0.1, 0.15) is 0 Å². The number of ketones is 1. The van der Waals surface area contributed by atoms with Crippen molar-refractivity contribution in [3.05, 3.63) is 77.1 Å². The molecule has 3 rings (SSSR count). The maximum absolute atomic E-state index is 12.9. The van der Waals surface area contributed by atoms with Crippen molar-refractivity contribution in [3.8, 4) is 0 Å². The standard InChI is InChI=1S/C19H18N2O.ClH/c1-12-10-14(13(2)20)6-7-16(12)19(22)18-5-3-4-15-11-21-9-8-17(15)18;/h3-11,13H,20H2,1-2H3;1H/t13-;/m0./s1. The Morgan fingerprint density at radius 3 is 2.61 bits per heavy atom. The Balaban J connectivity index is 0.00000192. The van der Waals surface area contributed by atoms with Crippen molar-refractivity contribution < 1.29 is 4.79 Å². The molecule has 23 heavy (non-hydrogen) atoms. The zero-order valence-electron chi connectivity index (χ0n) is 13.1. The summed E-state index contributed by atoms with van der Waals surface area (Å²) in [6.45, 7) is 3.89. The molecule has 1 atom stereocenters. The maximum atomic E-state index is 12.9. The van der Waals surface area contributed by atoms with Crippen molar-refractivity contribution in [1.29, 1.82) is 0 Å². The zero-order valence-corrected chi connectivity index (χ0v) is 13.9. The van der Waals surface area contributed by atoms with Gasteiger partial charge in [-0.05, 0) is 36.4 Å². The van der Waals surface area contributed by atoms with E-state index in [1.54, 1.807) is 12.4 Å². The van der Waals surface area contributed by atoms with Crippen LogP contribution in [-0.2, 0) is 0 Å². The molecule has 0 fully saturated rings. The molecule has 0 bridgehead atoms. The SMILES string of the molecule is Cc1cc([C@H](C)N)ccc1C(=O)c1cccc2cnccc12.Cl. The fourth-order valence-corrected chi connectivity index (χ4v) is 2.69. The number of aromatic nitrogens is 1. The third-order valence-corrected chi connectivity index (χ3v) is 3.95. The molecular weight excluding hydrogens is 308 g/mol. The van der Waals surface area contributed by atoms with E-state index in [1.165, 1.54) is 0 Å². The van der Waals surface area contributed by atoms with Crippen LogP contribution in [-0.4, -0.2) is 10.8 Å². The normalized spacial score (nSPS) is 11.8. The van der Waals surface area contributed by atoms with Crippen LogP contribution in [0.5, 0.6) is 0 Å². The molecule has 0 aliphatic carbocycles. The monoisotopic (exact) mass is 326 g/mol. The Bertz CT molecular complexity index is 854. The van der Waals surface area contributed by atoms with E-state index < -0.39 is 0 Å². The molecule has 1 heterocycles. The third-order valence-electron chi connectivity index (χ3n) is 3.95. The topological polar surface area (TPSA) is 56.0 Å². The van der Waals surface area contributed by atoms with Gasteiger partial charge in [-0.2, -0.15) is 0 Å². The van der Waals surface area contributed by atoms with Gasteiger partial charge in [0.25, 0.3) is 0 Å². The summed E-state index contributed by atoms with van der Waals surface area (Å²) >= 11 is 0. The first-order chi connectivity index (χ1) is 10.6. The van der Waals surface area contributed by atoms with Crippen molar-refractivity contribution in [2.45, 2.75) is 19.9 Å². The molecule has 2 aromatic carbocycles. The van der Waals surface area contributed by atoms with Crippen LogP contribution in [0.15, 0.2) is 54.9 Å². The molecule has 0 unspecified atom stereocenters. The summed E-state index contributed by atoms with van der Waals surface area (Å²) in [6, 6.07) is 13.4. The highest BCUT2D eigenvalue weighted by atomic mass is 35.5. The molecule has 118 valence electrons. The third kappa shape index (κ3) is 3.26. The molecule has 3 nitrogen and oxygen atoms in total. The van der Waals surface area contributed by atoms with Crippen LogP contribution in [0.1, 0.15) is 40.0 Å². The van der Waals surface area contributed by atoms with E-state index in [9.17, 15) is 4.79 Å². The molecule has 1 aromatic heterocycles. The van der Waals surface area contributed by atoms with Gasteiger partial charge in [0.05, 0.1) is 0 Å². The van der Waals surface area contributed by atoms with E-state index in [-0.39, 0.29) is 24.2 Å². The summed E-state index contributed by atoms with van der Waals surface area (Å²) in [5.74, 6) is 0.0329. The number of hydrogen-bond donors (Lipinski definition) is 1. The minimum absolute atomic E-state index is 0. The van der Waals surface area contributed by atoms with Gasteiger partial charge >= 0.3 is 0 Å². The number of nitrogens with two attached hydrogens (primary N) is 1. The molecule has 0 spiro atoms. The second-order valence-electron chi connectivity index (χ2n) is 5.59. The lowest BCUT2D eigenvalue weighted by atomic mass is 9.93. The summed E-state index contributed by atoms with van der Waals surface area (Å²) in [7, 11) is 0. The predicted molar refractivity (Wildman–Crippen MR) is 96.2 cm³/mol. The van der Waals surface area contributed by atoms with Crippen LogP contribution >= 0.6 is 12.4 Å². The van der Waals surface area contributed by atoms with Crippen LogP contribution in [0.4, 0.5) is 0 Å². The van der Waals surface area contributed by atoms with Gasteiger partial charge in [-0.15, -0.1) is 12.4 Å². The highest BCUT2D eigenvalue weighted by Crippen LogP contribution is 2.23. The van der Waals surface area contributed by atoms with Crippen LogP contribution < -0.4 is 5.73 Å². The Morgan fingerprint density at radius 1 is 1.13 bits per heavy atom. The van der Waals surface area contributed by atoms with E-state index in [1.807, 2.05) is 56.3 Å². The number of carbonyl (C=O) groups excluding carboxylic acids is 1. The summed E-state index contributed by atoms with van der Waals surface area (Å²) in [6.07, 6.45) is 3.49. The number of carbonyl (C=O) groups is 1. The van der Waals surface area contributed by atoms with Crippen molar-refractivity contribution in [2.75, 3.05) is 0 Å². The molecule has 2 N–H and O–H groups in total. The van der Waals surface area contributed by atoms with E-state index in [4.69, 9.17) is 5.73 Å². The molecule has 0 saturated heterocycles. The number of hydrogen-bond acceptors (Lipinski definition) is 3. The Hall–Kier alpha value is -2.23. The van der Waals surface area contributed by atoms with Crippen LogP contribution in [0.3, 0.4) is 0 Å². The van der Waals surface area contributed by atoms with Crippen molar-refractivity contribution in [3.63, 3.8) is 0 Å². The van der Waals surface area contributed by atoms with Gasteiger partial charge < -0.3 is 5.73 Å². The van der Waals surface area contributed by atoms with Gasteiger partial charge in [-0.3, -0.25) is 9.78 Å². The minimum atomic E-state index is -0.0357. The molecular formula is C19H19ClN2O. The number of fused-ring (bicyclic) bond motifs is 1. The Kier molecular flexibility index (Phi) is 5.14. The zero-order chi connectivity index (χ0) is 15.7. The Labute approximate surface area is 142 Å². The quantitative estimate of drug-likeness (QED) is 0.733. The summed E-state index contributed by atoms with van der Waals surface area (Å²) in [5, 5.41) is 1.90. The minimum Gasteiger partial charge on any atom is -0.324 e. The number of nitrogens with zero attached hydrogens (tertiary/aromatic N) is 1. The highest BCUT2D eigenvalue weighted by molar-refractivity contribution is 6.16. The first-order valence-electron chi connectivity index (χ1n) is 7.31. The molecule has 0 amide bonds. The smallest absolute Gasteiger partial charge is 0.193 e. The fraction of sp³-hybridized carbons (Fsp3) is 0.158. The summed E-state index contributed by atoms with van der Waals surface area (Å²) < 4.78 is 0. The number of aryl methyl sites for hydroxylation is 1. The van der Waals surface area contributed by atoms with E-state index in [2.05, 4.69) is 4.98 Å². The molecule has 0 saturated carbocycles. The lowest BCUT2D eigenvalue weighted by Crippen LogP contribution is -2.08. The molecule has 4 heteroatoms. The molecule has 3 aromatic rings. The summed E-state index contributed by atoms with van der Waals surface area (Å²) in [5.41, 5.74) is 9.31. The lowest BCUT2D eigenvalue weighted by molar-refractivity contribution is 0.103. The Morgan fingerprint density at radius 2 is 1.91 bits per heavy atom. The summed E-state index contributed by atoms with van der Waals surface area (Å²) in [4.78, 5) is 17.0. The van der Waals surface area contributed by atoms with Crippen molar-refractivity contribution >= 4 is 29.0 Å². The largest absolute Gasteiger partial charge is 0.324 e. The van der Waals surface area contributed by atoms with Crippen molar-refractivity contribution in [1.82, 2.24) is 4.98 Å². The second kappa shape index (κ2) is 6.90. The van der Waals surface area contributed by atoms with Crippen LogP contribution in [0, 0.1) is 6.92 Å². The average Bonchev–Trinajstić information content (AvgIpc) is 2.53. The first-order valence-corrected chi connectivity index (χ1v) is 7.31. The lowest BCUT2D eigenvalue weighted by Gasteiger charge is -2.11.